The third-order valence-corrected chi connectivity index (χ3v) is 4.08. The Hall–Kier alpha value is -0.431. The Bertz CT molecular complexity index is 337. The maximum Gasteiger partial charge on any atom is 2.00 e. The minimum atomic E-state index is 0. The Morgan fingerprint density at radius 1 is 0.938 bits per heavy atom. The van der Waals surface area contributed by atoms with Crippen molar-refractivity contribution in [2.45, 2.75) is 24.3 Å². The molecule has 0 amide bonds. The quantitative estimate of drug-likeness (QED) is 0.575. The third kappa shape index (κ3) is 3.28. The maximum absolute atomic E-state index is 2.28. The van der Waals surface area contributed by atoms with Gasteiger partial charge in [0.25, 0.3) is 0 Å². The first-order chi connectivity index (χ1) is 7.27. The molecule has 2 heteroatoms. The van der Waals surface area contributed by atoms with Crippen LogP contribution < -0.4 is 0 Å². The van der Waals surface area contributed by atoms with Crippen molar-refractivity contribution < 1.29 is 17.1 Å². The second-order valence-corrected chi connectivity index (χ2v) is 5.54. The Kier molecular flexibility index (Phi) is 5.40. The van der Waals surface area contributed by atoms with E-state index in [0.717, 1.165) is 0 Å². The molecule has 0 aliphatic carbocycles. The summed E-state index contributed by atoms with van der Waals surface area (Å²) in [4.78, 5) is 0. The molecule has 0 radical (unpaired) electrons. The summed E-state index contributed by atoms with van der Waals surface area (Å²) in [6, 6.07) is 17.3. The van der Waals surface area contributed by atoms with Crippen LogP contribution in [0.25, 0.3) is 0 Å². The second kappa shape index (κ2) is 6.34. The minimum absolute atomic E-state index is 0. The van der Waals surface area contributed by atoms with E-state index in [2.05, 4.69) is 62.4 Å². The molecule has 0 spiro atoms. The van der Waals surface area contributed by atoms with Gasteiger partial charge in [-0.3, -0.25) is 0 Å². The van der Waals surface area contributed by atoms with Gasteiger partial charge in [-0.05, 0) is 10.5 Å². The van der Waals surface area contributed by atoms with E-state index in [1.807, 2.05) is 11.8 Å². The Morgan fingerprint density at radius 3 is 1.69 bits per heavy atom. The predicted molar refractivity (Wildman–Crippen MR) is 68.5 cm³/mol. The van der Waals surface area contributed by atoms with Gasteiger partial charge in [0.05, 0.1) is 0 Å². The van der Waals surface area contributed by atoms with E-state index in [1.165, 1.54) is 11.1 Å². The van der Waals surface area contributed by atoms with Gasteiger partial charge in [-0.25, -0.2) is 12.1 Å². The summed E-state index contributed by atoms with van der Waals surface area (Å²) in [5.74, 6) is 0. The summed E-state index contributed by atoms with van der Waals surface area (Å²) < 4.78 is 0. The van der Waals surface area contributed by atoms with Crippen molar-refractivity contribution in [3.63, 3.8) is 0 Å². The van der Waals surface area contributed by atoms with Crippen molar-refractivity contribution in [3.8, 4) is 0 Å². The summed E-state index contributed by atoms with van der Waals surface area (Å²) in [6.45, 7) is 4.55. The first-order valence-corrected chi connectivity index (χ1v) is 6.30. The molecule has 0 bridgehead atoms. The van der Waals surface area contributed by atoms with Crippen molar-refractivity contribution in [2.75, 3.05) is 0 Å². The molecule has 16 heavy (non-hydrogen) atoms. The molecule has 0 aromatic heterocycles. The third-order valence-electron chi connectivity index (χ3n) is 2.72. The van der Waals surface area contributed by atoms with Gasteiger partial charge in [0.2, 0.25) is 0 Å². The van der Waals surface area contributed by atoms with Gasteiger partial charge in [-0.1, -0.05) is 13.8 Å². The molecule has 0 aliphatic rings. The molecule has 2 aromatic rings. The van der Waals surface area contributed by atoms with Gasteiger partial charge < -0.3 is 0 Å². The van der Waals surface area contributed by atoms with Crippen molar-refractivity contribution in [1.29, 1.82) is 0 Å². The van der Waals surface area contributed by atoms with Crippen LogP contribution in [0.15, 0.2) is 48.5 Å². The standard InChI is InChI=1S/C14H16S.Fe/c1-11(13-7-3-4-8-13)15-12(2)14-9-5-6-10-14;/h3-12H,1-2H3;/q-2;+2. The molecule has 2 atom stereocenters. The van der Waals surface area contributed by atoms with Gasteiger partial charge in [0.15, 0.2) is 0 Å². The van der Waals surface area contributed by atoms with Crippen LogP contribution in [0.1, 0.15) is 35.5 Å². The van der Waals surface area contributed by atoms with Gasteiger partial charge in [0, 0.05) is 0 Å². The van der Waals surface area contributed by atoms with E-state index in [0.29, 0.717) is 10.5 Å². The van der Waals surface area contributed by atoms with Crippen molar-refractivity contribution in [1.82, 2.24) is 0 Å². The minimum Gasteiger partial charge on any atom is -0.210 e. The van der Waals surface area contributed by atoms with E-state index in [1.54, 1.807) is 0 Å². The fourth-order valence-electron chi connectivity index (χ4n) is 1.78. The molecular weight excluding hydrogens is 256 g/mol. The normalized spacial score (nSPS) is 14.1. The Morgan fingerprint density at radius 2 is 1.38 bits per heavy atom. The van der Waals surface area contributed by atoms with Gasteiger partial charge >= 0.3 is 17.1 Å². The summed E-state index contributed by atoms with van der Waals surface area (Å²) in [5.41, 5.74) is 2.86. The van der Waals surface area contributed by atoms with Gasteiger partial charge in [0.1, 0.15) is 0 Å². The summed E-state index contributed by atoms with van der Waals surface area (Å²) in [5, 5.41) is 1.15. The van der Waals surface area contributed by atoms with Gasteiger partial charge in [-0.15, -0.1) is 0 Å². The van der Waals surface area contributed by atoms with Crippen LogP contribution in [-0.2, 0) is 17.1 Å². The molecule has 2 aromatic carbocycles. The number of thioether (sulfide) groups is 1. The maximum atomic E-state index is 2.28. The zero-order chi connectivity index (χ0) is 10.7. The molecule has 0 saturated carbocycles. The number of hydrogen-bond donors (Lipinski definition) is 0. The molecule has 0 saturated heterocycles. The Balaban J connectivity index is 0.00000128. The number of rotatable bonds is 4. The van der Waals surface area contributed by atoms with Crippen LogP contribution in [0.4, 0.5) is 0 Å². The average molecular weight is 272 g/mol. The smallest absolute Gasteiger partial charge is 0.210 e. The van der Waals surface area contributed by atoms with E-state index in [4.69, 9.17) is 0 Å². The predicted octanol–water partition coefficient (Wildman–Crippen LogP) is 4.68. The molecule has 0 fully saturated rings. The molecule has 0 heterocycles. The summed E-state index contributed by atoms with van der Waals surface area (Å²) in [6.07, 6.45) is 0. The zero-order valence-electron chi connectivity index (χ0n) is 9.54. The molecule has 0 nitrogen and oxygen atoms in total. The average Bonchev–Trinajstić information content (AvgIpc) is 2.91. The van der Waals surface area contributed by atoms with Crippen molar-refractivity contribution in [3.05, 3.63) is 59.7 Å². The van der Waals surface area contributed by atoms with Crippen LogP contribution in [0, 0.1) is 0 Å². The van der Waals surface area contributed by atoms with Crippen LogP contribution in [0.2, 0.25) is 0 Å². The summed E-state index contributed by atoms with van der Waals surface area (Å²) >= 11 is 2.01. The topological polar surface area (TPSA) is 0 Å². The van der Waals surface area contributed by atoms with E-state index in [9.17, 15) is 0 Å². The fraction of sp³-hybridized carbons (Fsp3) is 0.286. The Labute approximate surface area is 113 Å². The van der Waals surface area contributed by atoms with E-state index < -0.39 is 0 Å². The van der Waals surface area contributed by atoms with Crippen LogP contribution in [0.5, 0.6) is 0 Å². The van der Waals surface area contributed by atoms with Crippen molar-refractivity contribution in [2.24, 2.45) is 0 Å². The molecule has 0 N–H and O–H groups in total. The van der Waals surface area contributed by atoms with Crippen LogP contribution in [-0.4, -0.2) is 0 Å². The summed E-state index contributed by atoms with van der Waals surface area (Å²) in [7, 11) is 0. The molecule has 2 unspecified atom stereocenters. The largest absolute Gasteiger partial charge is 2.00 e. The first-order valence-electron chi connectivity index (χ1n) is 5.36. The van der Waals surface area contributed by atoms with E-state index >= 15 is 0 Å². The molecule has 86 valence electrons. The fourth-order valence-corrected chi connectivity index (χ4v) is 3.02. The molecular formula is C14H16FeS. The van der Waals surface area contributed by atoms with Crippen LogP contribution in [0.3, 0.4) is 0 Å². The van der Waals surface area contributed by atoms with E-state index in [-0.39, 0.29) is 17.1 Å². The first kappa shape index (κ1) is 13.6. The SMILES string of the molecule is CC(SC(C)c1cc[cH-]c1)c1cc[cH-]c1.[Fe+2]. The second-order valence-electron chi connectivity index (χ2n) is 3.86. The zero-order valence-corrected chi connectivity index (χ0v) is 11.5. The monoisotopic (exact) mass is 272 g/mol. The molecule has 2 rings (SSSR count). The van der Waals surface area contributed by atoms with Crippen molar-refractivity contribution >= 4 is 11.8 Å². The molecule has 0 aliphatic heterocycles. The van der Waals surface area contributed by atoms with Crippen LogP contribution >= 0.6 is 11.8 Å². The van der Waals surface area contributed by atoms with Gasteiger partial charge in [-0.2, -0.15) is 59.3 Å². The number of hydrogen-bond acceptors (Lipinski definition) is 1.